The van der Waals surface area contributed by atoms with Crippen molar-refractivity contribution in [3.05, 3.63) is 36.2 Å². The Kier molecular flexibility index (Phi) is 5.38. The summed E-state index contributed by atoms with van der Waals surface area (Å²) in [6.45, 7) is 3.28. The molecule has 0 spiro atoms. The number of aromatic nitrogens is 5. The summed E-state index contributed by atoms with van der Waals surface area (Å²) in [6, 6.07) is -0.333. The van der Waals surface area contributed by atoms with Crippen molar-refractivity contribution in [1.29, 1.82) is 0 Å². The average Bonchev–Trinajstić information content (AvgIpc) is 3.23. The predicted octanol–water partition coefficient (Wildman–Crippen LogP) is 3.82. The van der Waals surface area contributed by atoms with Gasteiger partial charge in [0, 0.05) is 35.7 Å². The topological polar surface area (TPSA) is 120 Å². The summed E-state index contributed by atoms with van der Waals surface area (Å²) >= 11 is 0. The van der Waals surface area contributed by atoms with Crippen LogP contribution >= 0.6 is 0 Å². The van der Waals surface area contributed by atoms with Gasteiger partial charge in [-0.25, -0.2) is 9.37 Å². The minimum absolute atomic E-state index is 0.0474. The lowest BCUT2D eigenvalue weighted by molar-refractivity contribution is -0.139. The quantitative estimate of drug-likeness (QED) is 0.305. The first-order chi connectivity index (χ1) is 16.6. The highest BCUT2D eigenvalue weighted by molar-refractivity contribution is 6.02. The normalized spacial score (nSPS) is 17.9. The molecule has 1 saturated carbocycles. The van der Waals surface area contributed by atoms with Crippen LogP contribution in [0.2, 0.25) is 0 Å². The molecule has 1 aromatic carbocycles. The standard InChI is InChI=1S/C22H21F4N7O2/c1-9(2)29-20-18(23)17(22(24,25)26)16(12-4-28-32-19(12)20)13-6-33-7-14(30-15(33)5-27-13)31-21(35)11-3-10(11)8-34/h4-7,9-11,29,34H,3,8H2,1-2H3,(H,28,32)(H,31,35). The molecule has 9 nitrogen and oxygen atoms in total. The van der Waals surface area contributed by atoms with Gasteiger partial charge in [0.1, 0.15) is 5.56 Å². The molecule has 35 heavy (non-hydrogen) atoms. The third-order valence-corrected chi connectivity index (χ3v) is 5.91. The Hall–Kier alpha value is -3.74. The van der Waals surface area contributed by atoms with Crippen LogP contribution in [0.3, 0.4) is 0 Å². The van der Waals surface area contributed by atoms with Crippen LogP contribution < -0.4 is 10.6 Å². The monoisotopic (exact) mass is 491 g/mol. The molecular weight excluding hydrogens is 470 g/mol. The van der Waals surface area contributed by atoms with Crippen molar-refractivity contribution in [1.82, 2.24) is 24.6 Å². The number of fused-ring (bicyclic) bond motifs is 2. The first kappa shape index (κ1) is 23.0. The van der Waals surface area contributed by atoms with E-state index in [-0.39, 0.29) is 64.1 Å². The van der Waals surface area contributed by atoms with E-state index in [1.165, 1.54) is 29.2 Å². The molecule has 4 aromatic rings. The summed E-state index contributed by atoms with van der Waals surface area (Å²) < 4.78 is 59.2. The number of amides is 1. The van der Waals surface area contributed by atoms with E-state index in [0.717, 1.165) is 0 Å². The van der Waals surface area contributed by atoms with Gasteiger partial charge in [0.2, 0.25) is 5.91 Å². The van der Waals surface area contributed by atoms with E-state index >= 15 is 4.39 Å². The molecule has 1 aliphatic rings. The Labute approximate surface area is 195 Å². The number of anilines is 2. The Bertz CT molecular complexity index is 1440. The number of nitrogens with one attached hydrogen (secondary N) is 3. The van der Waals surface area contributed by atoms with Gasteiger partial charge < -0.3 is 20.1 Å². The fourth-order valence-electron chi connectivity index (χ4n) is 4.18. The second-order valence-corrected chi connectivity index (χ2v) is 8.83. The molecule has 3 heterocycles. The number of H-pyrrole nitrogens is 1. The van der Waals surface area contributed by atoms with Crippen LogP contribution in [0.1, 0.15) is 25.8 Å². The van der Waals surface area contributed by atoms with Crippen molar-refractivity contribution in [3.63, 3.8) is 0 Å². The molecule has 1 fully saturated rings. The maximum Gasteiger partial charge on any atom is 0.419 e. The molecule has 5 rings (SSSR count). The fraction of sp³-hybridized carbons (Fsp3) is 0.364. The van der Waals surface area contributed by atoms with E-state index in [1.54, 1.807) is 13.8 Å². The van der Waals surface area contributed by atoms with Crippen LogP contribution in [-0.2, 0) is 11.0 Å². The number of carbonyl (C=O) groups is 1. The van der Waals surface area contributed by atoms with Gasteiger partial charge in [0.05, 0.1) is 35.5 Å². The molecule has 0 radical (unpaired) electrons. The molecule has 2 atom stereocenters. The van der Waals surface area contributed by atoms with Crippen LogP contribution in [0.4, 0.5) is 29.1 Å². The van der Waals surface area contributed by atoms with E-state index in [1.807, 2.05) is 0 Å². The molecule has 0 aliphatic heterocycles. The molecule has 3 aromatic heterocycles. The number of carbonyl (C=O) groups excluding carboxylic acids is 1. The smallest absolute Gasteiger partial charge is 0.396 e. The van der Waals surface area contributed by atoms with Crippen molar-refractivity contribution in [2.45, 2.75) is 32.5 Å². The van der Waals surface area contributed by atoms with Crippen molar-refractivity contribution >= 4 is 34.0 Å². The van der Waals surface area contributed by atoms with E-state index < -0.39 is 23.1 Å². The Morgan fingerprint density at radius 2 is 2.09 bits per heavy atom. The predicted molar refractivity (Wildman–Crippen MR) is 119 cm³/mol. The Balaban J connectivity index is 1.61. The van der Waals surface area contributed by atoms with Gasteiger partial charge in [-0.1, -0.05) is 0 Å². The van der Waals surface area contributed by atoms with Crippen molar-refractivity contribution in [2.24, 2.45) is 11.8 Å². The summed E-state index contributed by atoms with van der Waals surface area (Å²) in [4.78, 5) is 20.6. The summed E-state index contributed by atoms with van der Waals surface area (Å²) in [5.74, 6) is -1.95. The number of rotatable bonds is 6. The molecule has 1 aliphatic carbocycles. The molecule has 0 bridgehead atoms. The number of benzene rings is 1. The van der Waals surface area contributed by atoms with E-state index in [4.69, 9.17) is 5.11 Å². The second-order valence-electron chi connectivity index (χ2n) is 8.83. The number of alkyl halides is 3. The lowest BCUT2D eigenvalue weighted by Crippen LogP contribution is -2.17. The third kappa shape index (κ3) is 4.05. The van der Waals surface area contributed by atoms with Crippen LogP contribution in [0, 0.1) is 17.7 Å². The fourth-order valence-corrected chi connectivity index (χ4v) is 4.18. The highest BCUT2D eigenvalue weighted by Crippen LogP contribution is 2.45. The summed E-state index contributed by atoms with van der Waals surface area (Å²) in [5.41, 5.74) is -2.03. The zero-order valence-corrected chi connectivity index (χ0v) is 18.6. The number of aliphatic hydroxyl groups is 1. The van der Waals surface area contributed by atoms with Crippen LogP contribution in [-0.4, -0.2) is 48.2 Å². The van der Waals surface area contributed by atoms with Gasteiger partial charge in [-0.3, -0.25) is 14.9 Å². The largest absolute Gasteiger partial charge is 0.419 e. The van der Waals surface area contributed by atoms with Gasteiger partial charge in [-0.15, -0.1) is 0 Å². The summed E-state index contributed by atoms with van der Waals surface area (Å²) in [5, 5.41) is 21.0. The van der Waals surface area contributed by atoms with Crippen molar-refractivity contribution < 1.29 is 27.5 Å². The van der Waals surface area contributed by atoms with Crippen molar-refractivity contribution in [2.75, 3.05) is 17.2 Å². The Morgan fingerprint density at radius 3 is 2.74 bits per heavy atom. The lowest BCUT2D eigenvalue weighted by atomic mass is 9.97. The number of halogens is 4. The van der Waals surface area contributed by atoms with Gasteiger partial charge in [0.15, 0.2) is 17.3 Å². The minimum Gasteiger partial charge on any atom is -0.396 e. The number of hydrogen-bond donors (Lipinski definition) is 4. The Morgan fingerprint density at radius 1 is 1.31 bits per heavy atom. The number of imidazole rings is 1. The molecule has 4 N–H and O–H groups in total. The van der Waals surface area contributed by atoms with Gasteiger partial charge in [-0.2, -0.15) is 18.3 Å². The van der Waals surface area contributed by atoms with Crippen LogP contribution in [0.25, 0.3) is 27.8 Å². The zero-order chi connectivity index (χ0) is 25.1. The summed E-state index contributed by atoms with van der Waals surface area (Å²) in [7, 11) is 0. The number of hydrogen-bond acceptors (Lipinski definition) is 6. The lowest BCUT2D eigenvalue weighted by Gasteiger charge is -2.20. The highest BCUT2D eigenvalue weighted by atomic mass is 19.4. The maximum atomic E-state index is 15.3. The highest BCUT2D eigenvalue weighted by Gasteiger charge is 2.43. The SMILES string of the molecule is CC(C)Nc1c(F)c(C(F)(F)F)c(-c2cn3cc(NC(=O)C4CC4CO)nc3cn2)c2cn[nH]c12. The molecular formula is C22H21F4N7O2. The second kappa shape index (κ2) is 8.18. The molecule has 2 unspecified atom stereocenters. The first-order valence-corrected chi connectivity index (χ1v) is 10.9. The van der Waals surface area contributed by atoms with E-state index in [9.17, 15) is 18.0 Å². The van der Waals surface area contributed by atoms with E-state index in [2.05, 4.69) is 30.8 Å². The number of nitrogens with zero attached hydrogens (tertiary/aromatic N) is 4. The minimum atomic E-state index is -5.02. The van der Waals surface area contributed by atoms with Crippen LogP contribution in [0.5, 0.6) is 0 Å². The first-order valence-electron chi connectivity index (χ1n) is 10.9. The average molecular weight is 491 g/mol. The third-order valence-electron chi connectivity index (χ3n) is 5.91. The number of aromatic amines is 1. The van der Waals surface area contributed by atoms with Gasteiger partial charge in [0.25, 0.3) is 0 Å². The number of aliphatic hydroxyl groups excluding tert-OH is 1. The van der Waals surface area contributed by atoms with Crippen LogP contribution in [0.15, 0.2) is 24.8 Å². The molecule has 1 amide bonds. The van der Waals surface area contributed by atoms with E-state index in [0.29, 0.717) is 6.42 Å². The zero-order valence-electron chi connectivity index (χ0n) is 18.6. The summed E-state index contributed by atoms with van der Waals surface area (Å²) in [6.07, 6.45) is 0.718. The van der Waals surface area contributed by atoms with Gasteiger partial charge >= 0.3 is 6.18 Å². The maximum absolute atomic E-state index is 15.3. The van der Waals surface area contributed by atoms with Crippen molar-refractivity contribution in [3.8, 4) is 11.3 Å². The molecule has 184 valence electrons. The molecule has 0 saturated heterocycles. The van der Waals surface area contributed by atoms with Gasteiger partial charge in [-0.05, 0) is 26.2 Å². The molecule has 13 heteroatoms.